The summed E-state index contributed by atoms with van der Waals surface area (Å²) in [5.41, 5.74) is 19.4. The van der Waals surface area contributed by atoms with E-state index in [9.17, 15) is 0 Å². The molecule has 0 saturated carbocycles. The van der Waals surface area contributed by atoms with Crippen LogP contribution < -0.4 is 0 Å². The van der Waals surface area contributed by atoms with Crippen LogP contribution in [-0.2, 0) is 11.8 Å². The molecule has 0 fully saturated rings. The van der Waals surface area contributed by atoms with Gasteiger partial charge in [0.05, 0.1) is 11.0 Å². The van der Waals surface area contributed by atoms with E-state index in [1.54, 1.807) is 0 Å². The highest BCUT2D eigenvalue weighted by atomic mass is 15.0. The smallest absolute Gasteiger partial charge is 0.0541 e. The lowest BCUT2D eigenvalue weighted by atomic mass is 9.82. The fourth-order valence-corrected chi connectivity index (χ4v) is 8.73. The van der Waals surface area contributed by atoms with Gasteiger partial charge in [0.1, 0.15) is 0 Å². The van der Waals surface area contributed by atoms with E-state index in [2.05, 4.69) is 206 Å². The van der Waals surface area contributed by atoms with Gasteiger partial charge in [0, 0.05) is 21.9 Å². The van der Waals surface area contributed by atoms with Gasteiger partial charge in [0.2, 0.25) is 0 Å². The zero-order valence-corrected chi connectivity index (χ0v) is 30.1. The quantitative estimate of drug-likeness (QED) is 0.165. The lowest BCUT2D eigenvalue weighted by Crippen LogP contribution is -2.14. The molecule has 0 radical (unpaired) electrons. The normalized spacial score (nSPS) is 12.9. The molecule has 0 bridgehead atoms. The topological polar surface area (TPSA) is 4.93 Å². The molecule has 8 aromatic carbocycles. The molecule has 1 nitrogen and oxygen atoms in total. The Morgan fingerprint density at radius 2 is 0.943 bits per heavy atom. The molecule has 0 saturated heterocycles. The zero-order valence-electron chi connectivity index (χ0n) is 30.1. The van der Waals surface area contributed by atoms with Crippen LogP contribution in [0.5, 0.6) is 0 Å². The van der Waals surface area contributed by atoms with Gasteiger partial charge in [-0.25, -0.2) is 0 Å². The summed E-state index contributed by atoms with van der Waals surface area (Å²) < 4.78 is 2.37. The molecule has 10 rings (SSSR count). The molecule has 1 aliphatic carbocycles. The Kier molecular flexibility index (Phi) is 7.30. The van der Waals surface area contributed by atoms with Crippen LogP contribution in [-0.4, -0.2) is 4.57 Å². The first-order valence-electron chi connectivity index (χ1n) is 18.6. The molecule has 0 N–H and O–H groups in total. The van der Waals surface area contributed by atoms with E-state index >= 15 is 0 Å². The van der Waals surface area contributed by atoms with Gasteiger partial charge in [-0.1, -0.05) is 172 Å². The highest BCUT2D eigenvalue weighted by Gasteiger charge is 2.36. The highest BCUT2D eigenvalue weighted by molar-refractivity contribution is 6.10. The lowest BCUT2D eigenvalue weighted by Gasteiger charge is -2.21. The van der Waals surface area contributed by atoms with Gasteiger partial charge >= 0.3 is 0 Å². The van der Waals surface area contributed by atoms with Gasteiger partial charge in [-0.15, -0.1) is 0 Å². The van der Waals surface area contributed by atoms with Crippen molar-refractivity contribution in [3.05, 3.63) is 210 Å². The van der Waals surface area contributed by atoms with Gasteiger partial charge in [-0.3, -0.25) is 0 Å². The van der Waals surface area contributed by atoms with E-state index in [-0.39, 0.29) is 5.41 Å². The Morgan fingerprint density at radius 1 is 0.415 bits per heavy atom. The van der Waals surface area contributed by atoms with Crippen molar-refractivity contribution in [2.24, 2.45) is 0 Å². The van der Waals surface area contributed by atoms with E-state index < -0.39 is 0 Å². The summed E-state index contributed by atoms with van der Waals surface area (Å²) in [6, 6.07) is 69.1. The van der Waals surface area contributed by atoms with Crippen LogP contribution in [0.25, 0.3) is 72.0 Å². The van der Waals surface area contributed by atoms with Crippen molar-refractivity contribution in [1.82, 2.24) is 4.57 Å². The summed E-state index contributed by atoms with van der Waals surface area (Å²) in [6.45, 7) is 4.70. The second-order valence-corrected chi connectivity index (χ2v) is 15.0. The van der Waals surface area contributed by atoms with Crippen molar-refractivity contribution in [2.75, 3.05) is 0 Å². The maximum atomic E-state index is 2.37. The lowest BCUT2D eigenvalue weighted by molar-refractivity contribution is 0.660. The molecule has 0 spiro atoms. The molecule has 9 aromatic rings. The predicted molar refractivity (Wildman–Crippen MR) is 224 cm³/mol. The summed E-state index contributed by atoms with van der Waals surface area (Å²) in [7, 11) is 0. The Morgan fingerprint density at radius 3 is 1.64 bits per heavy atom. The number of hydrogen-bond donors (Lipinski definition) is 0. The zero-order chi connectivity index (χ0) is 35.5. The monoisotopic (exact) mass is 677 g/mol. The second-order valence-electron chi connectivity index (χ2n) is 15.0. The Hall–Kier alpha value is -6.44. The number of rotatable bonds is 6. The van der Waals surface area contributed by atoms with Gasteiger partial charge < -0.3 is 4.57 Å². The van der Waals surface area contributed by atoms with Crippen LogP contribution >= 0.6 is 0 Å². The average Bonchev–Trinajstić information content (AvgIpc) is 3.67. The molecule has 252 valence electrons. The van der Waals surface area contributed by atoms with Crippen molar-refractivity contribution in [3.8, 4) is 50.2 Å². The number of para-hydroxylation sites is 2. The first kappa shape index (κ1) is 31.3. The summed E-state index contributed by atoms with van der Waals surface area (Å²) >= 11 is 0. The standard InChI is InChI=1S/C52H39N/c1-52(2)47-16-8-6-15-45(47)51-42(11-10-17-48(51)52)33-35-19-21-36(22-20-35)37-23-25-38(26-24-37)39-27-29-40(30-28-39)41-31-32-50-46(34-41)44-14-7-9-18-49(44)53(50)43-12-4-3-5-13-43/h3-32,34H,33H2,1-2H3. The van der Waals surface area contributed by atoms with E-state index in [1.807, 2.05) is 0 Å². The van der Waals surface area contributed by atoms with Crippen LogP contribution in [0.2, 0.25) is 0 Å². The molecule has 0 atom stereocenters. The van der Waals surface area contributed by atoms with Crippen LogP contribution in [0, 0.1) is 0 Å². The van der Waals surface area contributed by atoms with Crippen LogP contribution in [0.15, 0.2) is 188 Å². The van der Waals surface area contributed by atoms with Crippen LogP contribution in [0.1, 0.15) is 36.1 Å². The third kappa shape index (κ3) is 5.23. The van der Waals surface area contributed by atoms with Crippen LogP contribution in [0.4, 0.5) is 0 Å². The average molecular weight is 678 g/mol. The minimum atomic E-state index is 0.0292. The molecule has 1 heterocycles. The van der Waals surface area contributed by atoms with Gasteiger partial charge in [0.25, 0.3) is 0 Å². The van der Waals surface area contributed by atoms with E-state index in [0.717, 1.165) is 6.42 Å². The van der Waals surface area contributed by atoms with Crippen molar-refractivity contribution in [2.45, 2.75) is 25.7 Å². The summed E-state index contributed by atoms with van der Waals surface area (Å²) in [4.78, 5) is 0. The van der Waals surface area contributed by atoms with Crippen molar-refractivity contribution < 1.29 is 0 Å². The van der Waals surface area contributed by atoms with Gasteiger partial charge in [-0.2, -0.15) is 0 Å². The molecule has 0 aliphatic heterocycles. The third-order valence-electron chi connectivity index (χ3n) is 11.5. The number of hydrogen-bond acceptors (Lipinski definition) is 0. The maximum Gasteiger partial charge on any atom is 0.0541 e. The number of fused-ring (bicyclic) bond motifs is 6. The van der Waals surface area contributed by atoms with Crippen molar-refractivity contribution >= 4 is 21.8 Å². The molecule has 53 heavy (non-hydrogen) atoms. The Balaban J connectivity index is 0.880. The molecular weight excluding hydrogens is 639 g/mol. The highest BCUT2D eigenvalue weighted by Crippen LogP contribution is 2.50. The Labute approximate surface area is 311 Å². The molecular formula is C52H39N. The van der Waals surface area contributed by atoms with Crippen LogP contribution in [0.3, 0.4) is 0 Å². The minimum absolute atomic E-state index is 0.0292. The maximum absolute atomic E-state index is 2.37. The van der Waals surface area contributed by atoms with Crippen molar-refractivity contribution in [3.63, 3.8) is 0 Å². The molecule has 1 aromatic heterocycles. The van der Waals surface area contributed by atoms with Crippen molar-refractivity contribution in [1.29, 1.82) is 0 Å². The van der Waals surface area contributed by atoms with E-state index in [1.165, 1.54) is 94.3 Å². The third-order valence-corrected chi connectivity index (χ3v) is 11.5. The van der Waals surface area contributed by atoms with E-state index in [0.29, 0.717) is 0 Å². The van der Waals surface area contributed by atoms with Gasteiger partial charge in [-0.05, 0) is 104 Å². The summed E-state index contributed by atoms with van der Waals surface area (Å²) in [5, 5.41) is 2.54. The second kappa shape index (κ2) is 12.4. The predicted octanol–water partition coefficient (Wildman–Crippen LogP) is 13.7. The molecule has 0 unspecified atom stereocenters. The molecule has 1 aliphatic rings. The largest absolute Gasteiger partial charge is 0.309 e. The fourth-order valence-electron chi connectivity index (χ4n) is 8.73. The minimum Gasteiger partial charge on any atom is -0.309 e. The summed E-state index contributed by atoms with van der Waals surface area (Å²) in [5.74, 6) is 0. The first-order valence-corrected chi connectivity index (χ1v) is 18.6. The van der Waals surface area contributed by atoms with E-state index in [4.69, 9.17) is 0 Å². The molecule has 0 amide bonds. The number of aromatic nitrogens is 1. The SMILES string of the molecule is CC1(C)c2ccccc2-c2c(Cc3ccc(-c4ccc(-c5ccc(-c6ccc7c(c6)c6ccccc6n7-c6ccccc6)cc5)cc4)cc3)cccc21. The number of nitrogens with zero attached hydrogens (tertiary/aromatic N) is 1. The number of benzene rings is 8. The first-order chi connectivity index (χ1) is 26.0. The summed E-state index contributed by atoms with van der Waals surface area (Å²) in [6.07, 6.45) is 0.924. The fraction of sp³-hybridized carbons (Fsp3) is 0.0769. The molecule has 1 heteroatoms. The Bertz CT molecular complexity index is 2780. The van der Waals surface area contributed by atoms with Gasteiger partial charge in [0.15, 0.2) is 0 Å².